The van der Waals surface area contributed by atoms with Crippen LogP contribution in [0.15, 0.2) is 42.6 Å². The molecule has 1 aromatic heterocycles. The van der Waals surface area contributed by atoms with Gasteiger partial charge < -0.3 is 10.2 Å². The van der Waals surface area contributed by atoms with Crippen molar-refractivity contribution in [2.24, 2.45) is 0 Å². The van der Waals surface area contributed by atoms with Gasteiger partial charge in [0.15, 0.2) is 0 Å². The van der Waals surface area contributed by atoms with Gasteiger partial charge in [-0.15, -0.1) is 0 Å². The molecular formula is C22H29N3O. The van der Waals surface area contributed by atoms with Gasteiger partial charge in [-0.25, -0.2) is 4.98 Å². The van der Waals surface area contributed by atoms with Gasteiger partial charge in [-0.1, -0.05) is 45.7 Å². The van der Waals surface area contributed by atoms with Gasteiger partial charge in [-0.05, 0) is 48.1 Å². The number of pyridine rings is 1. The number of carbonyl (C=O) groups is 1. The molecule has 2 heterocycles. The van der Waals surface area contributed by atoms with Crippen LogP contribution in [-0.2, 0) is 5.41 Å². The maximum atomic E-state index is 12.5. The summed E-state index contributed by atoms with van der Waals surface area (Å²) >= 11 is 0. The maximum Gasteiger partial charge on any atom is 0.274 e. The van der Waals surface area contributed by atoms with Crippen LogP contribution < -0.4 is 10.2 Å². The van der Waals surface area contributed by atoms with Crippen molar-refractivity contribution in [2.45, 2.75) is 51.9 Å². The molecule has 1 aliphatic rings. The number of nitrogens with one attached hydrogen (secondary N) is 1. The number of aromatic nitrogens is 1. The van der Waals surface area contributed by atoms with Crippen molar-refractivity contribution in [3.05, 3.63) is 53.9 Å². The summed E-state index contributed by atoms with van der Waals surface area (Å²) in [7, 11) is 0. The molecule has 1 saturated heterocycles. The monoisotopic (exact) mass is 351 g/mol. The Hall–Kier alpha value is -2.36. The molecule has 0 radical (unpaired) electrons. The van der Waals surface area contributed by atoms with Crippen LogP contribution in [0.5, 0.6) is 0 Å². The minimum absolute atomic E-state index is 0.104. The Labute approximate surface area is 156 Å². The second-order valence-electron chi connectivity index (χ2n) is 8.08. The molecule has 0 atom stereocenters. The molecule has 2 aromatic rings. The van der Waals surface area contributed by atoms with Crippen LogP contribution in [-0.4, -0.2) is 24.0 Å². The number of benzene rings is 1. The van der Waals surface area contributed by atoms with Crippen molar-refractivity contribution in [2.75, 3.05) is 23.3 Å². The van der Waals surface area contributed by atoms with E-state index in [2.05, 4.69) is 48.1 Å². The SMILES string of the molecule is CC(C)(C)c1ccc(NC(=O)c2ccc(N3CCCCCC3)cn2)cc1. The third-order valence-corrected chi connectivity index (χ3v) is 4.96. The van der Waals surface area contributed by atoms with E-state index in [4.69, 9.17) is 0 Å². The van der Waals surface area contributed by atoms with Gasteiger partial charge in [0.2, 0.25) is 0 Å². The van der Waals surface area contributed by atoms with Crippen molar-refractivity contribution >= 4 is 17.3 Å². The Balaban J connectivity index is 1.64. The molecule has 4 nitrogen and oxygen atoms in total. The van der Waals surface area contributed by atoms with Gasteiger partial charge in [0.25, 0.3) is 5.91 Å². The minimum atomic E-state index is -0.170. The molecule has 0 saturated carbocycles. The van der Waals surface area contributed by atoms with Crippen LogP contribution in [0.2, 0.25) is 0 Å². The van der Waals surface area contributed by atoms with Crippen molar-refractivity contribution in [3.63, 3.8) is 0 Å². The molecule has 0 aliphatic carbocycles. The van der Waals surface area contributed by atoms with E-state index in [1.807, 2.05) is 30.5 Å². The molecule has 138 valence electrons. The van der Waals surface area contributed by atoms with Gasteiger partial charge in [-0.3, -0.25) is 4.79 Å². The van der Waals surface area contributed by atoms with Gasteiger partial charge in [0.1, 0.15) is 5.69 Å². The van der Waals surface area contributed by atoms with E-state index in [-0.39, 0.29) is 11.3 Å². The summed E-state index contributed by atoms with van der Waals surface area (Å²) in [5.74, 6) is -0.170. The fourth-order valence-electron chi connectivity index (χ4n) is 3.29. The number of hydrogen-bond acceptors (Lipinski definition) is 3. The number of nitrogens with zero attached hydrogens (tertiary/aromatic N) is 2. The van der Waals surface area contributed by atoms with E-state index in [0.717, 1.165) is 24.5 Å². The highest BCUT2D eigenvalue weighted by atomic mass is 16.1. The van der Waals surface area contributed by atoms with E-state index in [9.17, 15) is 4.79 Å². The van der Waals surface area contributed by atoms with Gasteiger partial charge in [-0.2, -0.15) is 0 Å². The van der Waals surface area contributed by atoms with Crippen LogP contribution in [0, 0.1) is 0 Å². The molecule has 0 bridgehead atoms. The highest BCUT2D eigenvalue weighted by molar-refractivity contribution is 6.02. The summed E-state index contributed by atoms with van der Waals surface area (Å²) in [4.78, 5) is 19.2. The number of rotatable bonds is 3. The molecule has 26 heavy (non-hydrogen) atoms. The minimum Gasteiger partial charge on any atom is -0.370 e. The number of amides is 1. The van der Waals surface area contributed by atoms with E-state index < -0.39 is 0 Å². The van der Waals surface area contributed by atoms with Crippen LogP contribution in [0.25, 0.3) is 0 Å². The molecule has 1 aromatic carbocycles. The van der Waals surface area contributed by atoms with Gasteiger partial charge in [0, 0.05) is 18.8 Å². The van der Waals surface area contributed by atoms with E-state index in [1.54, 1.807) is 0 Å². The van der Waals surface area contributed by atoms with Gasteiger partial charge >= 0.3 is 0 Å². The molecule has 0 unspecified atom stereocenters. The quantitative estimate of drug-likeness (QED) is 0.845. The van der Waals surface area contributed by atoms with Gasteiger partial charge in [0.05, 0.1) is 11.9 Å². The fourth-order valence-corrected chi connectivity index (χ4v) is 3.29. The largest absolute Gasteiger partial charge is 0.370 e. The summed E-state index contributed by atoms with van der Waals surface area (Å²) in [5, 5.41) is 2.93. The first-order valence-corrected chi connectivity index (χ1v) is 9.56. The highest BCUT2D eigenvalue weighted by Crippen LogP contribution is 2.24. The third-order valence-electron chi connectivity index (χ3n) is 4.96. The molecule has 4 heteroatoms. The standard InChI is InChI=1S/C22H29N3O/c1-22(2,3)17-8-10-18(11-9-17)24-21(26)20-13-12-19(16-23-20)25-14-6-4-5-7-15-25/h8-13,16H,4-7,14-15H2,1-3H3,(H,24,26). The smallest absolute Gasteiger partial charge is 0.274 e. The maximum absolute atomic E-state index is 12.5. The predicted octanol–water partition coefficient (Wildman–Crippen LogP) is 5.01. The van der Waals surface area contributed by atoms with E-state index in [0.29, 0.717) is 5.69 Å². The van der Waals surface area contributed by atoms with Crippen molar-refractivity contribution in [1.82, 2.24) is 4.98 Å². The van der Waals surface area contributed by atoms with Crippen molar-refractivity contribution < 1.29 is 4.79 Å². The normalized spacial score (nSPS) is 15.4. The highest BCUT2D eigenvalue weighted by Gasteiger charge is 2.15. The summed E-state index contributed by atoms with van der Waals surface area (Å²) in [6, 6.07) is 11.8. The predicted molar refractivity (Wildman–Crippen MR) is 108 cm³/mol. The number of hydrogen-bond donors (Lipinski definition) is 1. The van der Waals surface area contributed by atoms with Crippen molar-refractivity contribution in [1.29, 1.82) is 0 Å². The van der Waals surface area contributed by atoms with E-state index in [1.165, 1.54) is 31.2 Å². The van der Waals surface area contributed by atoms with Crippen LogP contribution in [0.3, 0.4) is 0 Å². The number of anilines is 2. The molecule has 1 aliphatic heterocycles. The molecule has 0 spiro atoms. The van der Waals surface area contributed by atoms with Crippen LogP contribution in [0.1, 0.15) is 62.5 Å². The first-order valence-electron chi connectivity index (χ1n) is 9.56. The third kappa shape index (κ3) is 4.63. The summed E-state index contributed by atoms with van der Waals surface area (Å²) in [5.41, 5.74) is 3.70. The Morgan fingerprint density at radius 2 is 1.62 bits per heavy atom. The second-order valence-corrected chi connectivity index (χ2v) is 8.08. The lowest BCUT2D eigenvalue weighted by Crippen LogP contribution is -2.24. The summed E-state index contributed by atoms with van der Waals surface area (Å²) in [6.45, 7) is 8.68. The lowest BCUT2D eigenvalue weighted by Gasteiger charge is -2.22. The zero-order valence-corrected chi connectivity index (χ0v) is 16.1. The average Bonchev–Trinajstić information content (AvgIpc) is 2.91. The van der Waals surface area contributed by atoms with Crippen LogP contribution >= 0.6 is 0 Å². The zero-order valence-electron chi connectivity index (χ0n) is 16.1. The molecular weight excluding hydrogens is 322 g/mol. The zero-order chi connectivity index (χ0) is 18.6. The fraction of sp³-hybridized carbons (Fsp3) is 0.455. The second kappa shape index (κ2) is 7.90. The lowest BCUT2D eigenvalue weighted by molar-refractivity contribution is 0.102. The topological polar surface area (TPSA) is 45.2 Å². The van der Waals surface area contributed by atoms with E-state index >= 15 is 0 Å². The number of carbonyl (C=O) groups excluding carboxylic acids is 1. The Kier molecular flexibility index (Phi) is 5.60. The Morgan fingerprint density at radius 3 is 2.15 bits per heavy atom. The molecule has 1 N–H and O–H groups in total. The molecule has 3 rings (SSSR count). The summed E-state index contributed by atoms with van der Waals surface area (Å²) in [6.07, 6.45) is 6.89. The first kappa shape index (κ1) is 18.4. The molecule has 1 fully saturated rings. The Bertz CT molecular complexity index is 721. The summed E-state index contributed by atoms with van der Waals surface area (Å²) < 4.78 is 0. The molecule has 1 amide bonds. The average molecular weight is 351 g/mol. The lowest BCUT2D eigenvalue weighted by atomic mass is 9.87. The Morgan fingerprint density at radius 1 is 0.962 bits per heavy atom. The van der Waals surface area contributed by atoms with Crippen LogP contribution in [0.4, 0.5) is 11.4 Å². The first-order chi connectivity index (χ1) is 12.4. The van der Waals surface area contributed by atoms with Crippen molar-refractivity contribution in [3.8, 4) is 0 Å².